The van der Waals surface area contributed by atoms with Crippen LogP contribution in [-0.4, -0.2) is 18.7 Å². The minimum atomic E-state index is 1.01. The van der Waals surface area contributed by atoms with E-state index in [9.17, 15) is 0 Å². The van der Waals surface area contributed by atoms with Crippen molar-refractivity contribution in [3.8, 4) is 72.7 Å². The molecule has 0 unspecified atom stereocenters. The SMILES string of the molecule is Cc1nc(C)c(-c2ccc(-n3c4ccc(-c5ccccc5)cc4c4cc(-c5ccccc5)ccc43)cc2)cc1-c1ccc(-c2cc(-n3c4ccccc4c4ccccc43)cc(-n3c4ccccc4c4ccccc43)c2)cc1. The van der Waals surface area contributed by atoms with Gasteiger partial charge < -0.3 is 13.7 Å². The molecule has 0 aliphatic rings. The lowest BCUT2D eigenvalue weighted by Gasteiger charge is -2.16. The second-order valence-corrected chi connectivity index (χ2v) is 20.4. The maximum atomic E-state index is 5.20. The number of aromatic nitrogens is 4. The van der Waals surface area contributed by atoms with Crippen molar-refractivity contribution in [3.05, 3.63) is 278 Å². The van der Waals surface area contributed by atoms with E-state index in [1.807, 2.05) is 0 Å². The minimum absolute atomic E-state index is 1.01. The van der Waals surface area contributed by atoms with Gasteiger partial charge in [0, 0.05) is 71.9 Å². The van der Waals surface area contributed by atoms with E-state index < -0.39 is 0 Å². The summed E-state index contributed by atoms with van der Waals surface area (Å²) in [5.41, 5.74) is 24.1. The van der Waals surface area contributed by atoms with Gasteiger partial charge in [0.15, 0.2) is 0 Å². The zero-order valence-corrected chi connectivity index (χ0v) is 42.7. The fourth-order valence-electron chi connectivity index (χ4n) is 12.3. The van der Waals surface area contributed by atoms with Crippen LogP contribution in [0.5, 0.6) is 0 Å². The van der Waals surface area contributed by atoms with E-state index in [0.29, 0.717) is 0 Å². The largest absolute Gasteiger partial charge is 0.309 e. The van der Waals surface area contributed by atoms with E-state index in [1.165, 1.54) is 87.7 Å². The Bertz CT molecular complexity index is 4450. The molecule has 0 N–H and O–H groups in total. The summed E-state index contributed by atoms with van der Waals surface area (Å²) in [4.78, 5) is 5.20. The minimum Gasteiger partial charge on any atom is -0.309 e. The molecule has 0 saturated heterocycles. The van der Waals surface area contributed by atoms with Crippen molar-refractivity contribution < 1.29 is 0 Å². The van der Waals surface area contributed by atoms with Gasteiger partial charge in [0.05, 0.1) is 33.1 Å². The normalized spacial score (nSPS) is 11.8. The van der Waals surface area contributed by atoms with E-state index in [4.69, 9.17) is 4.98 Å². The van der Waals surface area contributed by atoms with E-state index in [0.717, 1.165) is 61.8 Å². The van der Waals surface area contributed by atoms with Gasteiger partial charge in [-0.15, -0.1) is 0 Å². The number of rotatable bonds is 8. The molecule has 0 aliphatic carbocycles. The lowest BCUT2D eigenvalue weighted by atomic mass is 9.95. The Morgan fingerprint density at radius 2 is 0.545 bits per heavy atom. The van der Waals surface area contributed by atoms with Gasteiger partial charge >= 0.3 is 0 Å². The number of aryl methyl sites for hydroxylation is 2. The highest BCUT2D eigenvalue weighted by molar-refractivity contribution is 6.13. The van der Waals surface area contributed by atoms with Crippen molar-refractivity contribution in [1.82, 2.24) is 18.7 Å². The Hall–Kier alpha value is -10.0. The van der Waals surface area contributed by atoms with Crippen LogP contribution in [-0.2, 0) is 0 Å². The highest BCUT2D eigenvalue weighted by atomic mass is 15.0. The molecule has 15 aromatic rings. The number of hydrogen-bond donors (Lipinski definition) is 0. The molecule has 11 aromatic carbocycles. The van der Waals surface area contributed by atoms with E-state index >= 15 is 0 Å². The summed E-state index contributed by atoms with van der Waals surface area (Å²) in [6.07, 6.45) is 0. The maximum absolute atomic E-state index is 5.20. The van der Waals surface area contributed by atoms with E-state index in [2.05, 4.69) is 294 Å². The van der Waals surface area contributed by atoms with Crippen LogP contribution in [0.2, 0.25) is 0 Å². The van der Waals surface area contributed by atoms with Crippen molar-refractivity contribution in [2.24, 2.45) is 0 Å². The van der Waals surface area contributed by atoms with Crippen LogP contribution in [0, 0.1) is 13.8 Å². The summed E-state index contributed by atoms with van der Waals surface area (Å²) in [5.74, 6) is 0. The van der Waals surface area contributed by atoms with Gasteiger partial charge in [-0.25, -0.2) is 0 Å². The summed E-state index contributed by atoms with van der Waals surface area (Å²) in [7, 11) is 0. The molecule has 0 amide bonds. The maximum Gasteiger partial charge on any atom is 0.0541 e. The van der Waals surface area contributed by atoms with Gasteiger partial charge in [-0.3, -0.25) is 4.98 Å². The molecule has 0 saturated carbocycles. The zero-order chi connectivity index (χ0) is 51.1. The summed E-state index contributed by atoms with van der Waals surface area (Å²) in [6.45, 7) is 4.26. The highest BCUT2D eigenvalue weighted by Gasteiger charge is 2.20. The number of hydrogen-bond acceptors (Lipinski definition) is 1. The Labute approximate surface area is 446 Å². The summed E-state index contributed by atoms with van der Waals surface area (Å²) in [6, 6.07) is 97.7. The molecule has 4 nitrogen and oxygen atoms in total. The lowest BCUT2D eigenvalue weighted by Crippen LogP contribution is -2.00. The van der Waals surface area contributed by atoms with Crippen LogP contribution < -0.4 is 0 Å². The van der Waals surface area contributed by atoms with Gasteiger partial charge in [-0.1, -0.05) is 182 Å². The third-order valence-corrected chi connectivity index (χ3v) is 15.9. The van der Waals surface area contributed by atoms with Crippen LogP contribution in [0.1, 0.15) is 11.4 Å². The molecule has 4 heteroatoms. The smallest absolute Gasteiger partial charge is 0.0541 e. The van der Waals surface area contributed by atoms with Gasteiger partial charge in [0.1, 0.15) is 0 Å². The van der Waals surface area contributed by atoms with Crippen molar-refractivity contribution in [1.29, 1.82) is 0 Å². The predicted octanol–water partition coefficient (Wildman–Crippen LogP) is 19.3. The highest BCUT2D eigenvalue weighted by Crippen LogP contribution is 2.41. The molecule has 77 heavy (non-hydrogen) atoms. The summed E-state index contributed by atoms with van der Waals surface area (Å²) in [5, 5.41) is 7.44. The molecule has 15 rings (SSSR count). The zero-order valence-electron chi connectivity index (χ0n) is 42.7. The topological polar surface area (TPSA) is 27.7 Å². The fraction of sp³-hybridized carbons (Fsp3) is 0.0274. The molecule has 4 heterocycles. The van der Waals surface area contributed by atoms with Gasteiger partial charge in [0.25, 0.3) is 0 Å². The standard InChI is InChI=1S/C73H50N4/c1-47-64(46-65(48(2)74-47)53-33-37-57(38-34-53)75-72-39-35-54(49-17-5-3-6-18-49)43-66(72)67-44-55(36-40-73(67)75)50-19-7-4-8-20-50)52-31-29-51(30-32-52)56-41-58(76-68-25-13-9-21-60(68)61-22-10-14-26-69(61)76)45-59(42-56)77-70-27-15-11-23-62(70)63-24-12-16-28-71(63)77/h3-46H,1-2H3. The Morgan fingerprint density at radius 3 is 0.974 bits per heavy atom. The summed E-state index contributed by atoms with van der Waals surface area (Å²) >= 11 is 0. The second kappa shape index (κ2) is 17.8. The Balaban J connectivity index is 0.816. The monoisotopic (exact) mass is 982 g/mol. The first-order valence-corrected chi connectivity index (χ1v) is 26.5. The first kappa shape index (κ1) is 44.5. The van der Waals surface area contributed by atoms with E-state index in [-0.39, 0.29) is 0 Å². The van der Waals surface area contributed by atoms with Crippen LogP contribution in [0.4, 0.5) is 0 Å². The van der Waals surface area contributed by atoms with Gasteiger partial charge in [-0.2, -0.15) is 0 Å². The fourth-order valence-corrected chi connectivity index (χ4v) is 12.3. The molecule has 0 bridgehead atoms. The third-order valence-electron chi connectivity index (χ3n) is 15.9. The van der Waals surface area contributed by atoms with Crippen LogP contribution in [0.3, 0.4) is 0 Å². The third kappa shape index (κ3) is 7.33. The van der Waals surface area contributed by atoms with Crippen molar-refractivity contribution in [2.75, 3.05) is 0 Å². The first-order chi connectivity index (χ1) is 38.0. The van der Waals surface area contributed by atoms with Crippen molar-refractivity contribution in [3.63, 3.8) is 0 Å². The van der Waals surface area contributed by atoms with Crippen molar-refractivity contribution in [2.45, 2.75) is 13.8 Å². The van der Waals surface area contributed by atoms with Gasteiger partial charge in [-0.05, 0) is 143 Å². The number of benzene rings is 11. The first-order valence-electron chi connectivity index (χ1n) is 26.5. The molecular formula is C73H50N4. The summed E-state index contributed by atoms with van der Waals surface area (Å²) < 4.78 is 7.28. The molecule has 0 radical (unpaired) electrons. The van der Waals surface area contributed by atoms with Crippen LogP contribution in [0.25, 0.3) is 138 Å². The molecule has 0 fully saturated rings. The quantitative estimate of drug-likeness (QED) is 0.149. The average molecular weight is 983 g/mol. The number of fused-ring (bicyclic) bond motifs is 9. The van der Waals surface area contributed by atoms with E-state index in [1.54, 1.807) is 0 Å². The Kier molecular flexibility index (Phi) is 10.3. The number of pyridine rings is 1. The Morgan fingerprint density at radius 1 is 0.221 bits per heavy atom. The van der Waals surface area contributed by atoms with Crippen LogP contribution in [0.15, 0.2) is 267 Å². The number of nitrogens with zero attached hydrogens (tertiary/aromatic N) is 4. The van der Waals surface area contributed by atoms with Crippen LogP contribution >= 0.6 is 0 Å². The molecule has 362 valence electrons. The average Bonchev–Trinajstić information content (AvgIpc) is 4.21. The molecule has 0 atom stereocenters. The predicted molar refractivity (Wildman–Crippen MR) is 324 cm³/mol. The van der Waals surface area contributed by atoms with Crippen molar-refractivity contribution >= 4 is 65.4 Å². The molecular weight excluding hydrogens is 933 g/mol. The molecule has 4 aromatic heterocycles. The van der Waals surface area contributed by atoms with Gasteiger partial charge in [0.2, 0.25) is 0 Å². The second-order valence-electron chi connectivity index (χ2n) is 20.4. The number of para-hydroxylation sites is 4. The molecule has 0 spiro atoms. The molecule has 0 aliphatic heterocycles. The lowest BCUT2D eigenvalue weighted by molar-refractivity contribution is 1.13.